The van der Waals surface area contributed by atoms with Crippen LogP contribution in [0.1, 0.15) is 32.3 Å². The van der Waals surface area contributed by atoms with Gasteiger partial charge in [0.1, 0.15) is 0 Å². The SMILES string of the molecule is CCNC(=NCC1(c2cccc(Cl)c2)CCOCC1)NCC. The Morgan fingerprint density at radius 3 is 2.50 bits per heavy atom. The van der Waals surface area contributed by atoms with Gasteiger partial charge in [-0.1, -0.05) is 23.7 Å². The molecule has 0 atom stereocenters. The van der Waals surface area contributed by atoms with Crippen molar-refractivity contribution < 1.29 is 4.74 Å². The molecular weight excluding hydrogens is 298 g/mol. The molecule has 1 aliphatic heterocycles. The van der Waals surface area contributed by atoms with Crippen LogP contribution in [0.5, 0.6) is 0 Å². The number of ether oxygens (including phenoxy) is 1. The monoisotopic (exact) mass is 323 g/mol. The van der Waals surface area contributed by atoms with Crippen LogP contribution < -0.4 is 10.6 Å². The Morgan fingerprint density at radius 1 is 1.23 bits per heavy atom. The van der Waals surface area contributed by atoms with E-state index in [4.69, 9.17) is 21.3 Å². The molecule has 1 heterocycles. The molecule has 1 aliphatic rings. The molecule has 1 aromatic carbocycles. The van der Waals surface area contributed by atoms with Crippen molar-refractivity contribution in [1.82, 2.24) is 10.6 Å². The summed E-state index contributed by atoms with van der Waals surface area (Å²) in [5.74, 6) is 0.873. The molecule has 2 N–H and O–H groups in total. The third-order valence-electron chi connectivity index (χ3n) is 4.12. The summed E-state index contributed by atoms with van der Waals surface area (Å²) in [7, 11) is 0. The first-order valence-corrected chi connectivity index (χ1v) is 8.44. The zero-order valence-electron chi connectivity index (χ0n) is 13.5. The molecule has 1 saturated heterocycles. The molecule has 22 heavy (non-hydrogen) atoms. The summed E-state index contributed by atoms with van der Waals surface area (Å²) in [6.45, 7) is 8.17. The maximum atomic E-state index is 6.20. The van der Waals surface area contributed by atoms with Crippen LogP contribution in [-0.2, 0) is 10.2 Å². The van der Waals surface area contributed by atoms with E-state index in [1.807, 2.05) is 12.1 Å². The van der Waals surface area contributed by atoms with Crippen LogP contribution in [0, 0.1) is 0 Å². The third kappa shape index (κ3) is 4.37. The summed E-state index contributed by atoms with van der Waals surface area (Å²) in [6, 6.07) is 8.17. The van der Waals surface area contributed by atoms with Crippen molar-refractivity contribution in [3.8, 4) is 0 Å². The first-order chi connectivity index (χ1) is 10.7. The third-order valence-corrected chi connectivity index (χ3v) is 4.35. The molecule has 4 nitrogen and oxygen atoms in total. The second-order valence-electron chi connectivity index (χ2n) is 5.63. The lowest BCUT2D eigenvalue weighted by atomic mass is 9.74. The molecule has 0 spiro atoms. The summed E-state index contributed by atoms with van der Waals surface area (Å²) in [6.07, 6.45) is 1.95. The van der Waals surface area contributed by atoms with Gasteiger partial charge in [0.2, 0.25) is 0 Å². The van der Waals surface area contributed by atoms with E-state index >= 15 is 0 Å². The molecule has 1 fully saturated rings. The van der Waals surface area contributed by atoms with Gasteiger partial charge in [-0.3, -0.25) is 4.99 Å². The van der Waals surface area contributed by atoms with Crippen LogP contribution in [0.2, 0.25) is 5.02 Å². The highest BCUT2D eigenvalue weighted by molar-refractivity contribution is 6.30. The lowest BCUT2D eigenvalue weighted by Crippen LogP contribution is -2.41. The van der Waals surface area contributed by atoms with E-state index in [9.17, 15) is 0 Å². The number of halogens is 1. The van der Waals surface area contributed by atoms with Gasteiger partial charge < -0.3 is 15.4 Å². The number of nitrogens with one attached hydrogen (secondary N) is 2. The summed E-state index contributed by atoms with van der Waals surface area (Å²) in [5.41, 5.74) is 1.28. The largest absolute Gasteiger partial charge is 0.381 e. The Bertz CT molecular complexity index is 490. The first kappa shape index (κ1) is 17.1. The number of hydrogen-bond acceptors (Lipinski definition) is 2. The van der Waals surface area contributed by atoms with Gasteiger partial charge in [-0.15, -0.1) is 0 Å². The standard InChI is InChI=1S/C17H26ClN3O/c1-3-19-16(20-4-2)21-13-17(8-10-22-11-9-17)14-6-5-7-15(18)12-14/h5-7,12H,3-4,8-11,13H2,1-2H3,(H2,19,20,21). The minimum absolute atomic E-state index is 0.0131. The van der Waals surface area contributed by atoms with Gasteiger partial charge in [0, 0.05) is 36.7 Å². The van der Waals surface area contributed by atoms with E-state index in [1.165, 1.54) is 5.56 Å². The van der Waals surface area contributed by atoms with Crippen molar-refractivity contribution in [3.05, 3.63) is 34.9 Å². The van der Waals surface area contributed by atoms with Crippen LogP contribution in [0.3, 0.4) is 0 Å². The molecule has 0 radical (unpaired) electrons. The van der Waals surface area contributed by atoms with Crippen LogP contribution in [0.4, 0.5) is 0 Å². The number of benzene rings is 1. The Balaban J connectivity index is 2.23. The van der Waals surface area contributed by atoms with Crippen molar-refractivity contribution in [2.45, 2.75) is 32.1 Å². The molecule has 5 heteroatoms. The van der Waals surface area contributed by atoms with Crippen LogP contribution in [0.15, 0.2) is 29.3 Å². The molecule has 0 aliphatic carbocycles. The topological polar surface area (TPSA) is 45.7 Å². The van der Waals surface area contributed by atoms with Gasteiger partial charge >= 0.3 is 0 Å². The summed E-state index contributed by atoms with van der Waals surface area (Å²) in [5, 5.41) is 7.35. The molecule has 0 amide bonds. The molecule has 1 aromatic rings. The minimum atomic E-state index is 0.0131. The number of nitrogens with zero attached hydrogens (tertiary/aromatic N) is 1. The zero-order chi connectivity index (χ0) is 15.8. The van der Waals surface area contributed by atoms with Crippen molar-refractivity contribution in [2.24, 2.45) is 4.99 Å². The fraction of sp³-hybridized carbons (Fsp3) is 0.588. The van der Waals surface area contributed by atoms with Gasteiger partial charge in [-0.25, -0.2) is 0 Å². The van der Waals surface area contributed by atoms with Crippen LogP contribution in [0.25, 0.3) is 0 Å². The second kappa shape index (κ2) is 8.39. The molecule has 0 bridgehead atoms. The Labute approximate surface area is 138 Å². The summed E-state index contributed by atoms with van der Waals surface area (Å²) < 4.78 is 5.57. The van der Waals surface area contributed by atoms with Crippen LogP contribution in [-0.4, -0.2) is 38.8 Å². The highest BCUT2D eigenvalue weighted by Gasteiger charge is 2.34. The predicted molar refractivity (Wildman–Crippen MR) is 92.8 cm³/mol. The van der Waals surface area contributed by atoms with E-state index in [1.54, 1.807) is 0 Å². The number of guanidine groups is 1. The number of rotatable bonds is 5. The normalized spacial score (nSPS) is 16.9. The van der Waals surface area contributed by atoms with E-state index in [0.717, 1.165) is 56.7 Å². The van der Waals surface area contributed by atoms with E-state index in [2.05, 4.69) is 36.6 Å². The Morgan fingerprint density at radius 2 is 1.91 bits per heavy atom. The zero-order valence-corrected chi connectivity index (χ0v) is 14.2. The van der Waals surface area contributed by atoms with E-state index < -0.39 is 0 Å². The Hall–Kier alpha value is -1.26. The van der Waals surface area contributed by atoms with Crippen molar-refractivity contribution in [2.75, 3.05) is 32.8 Å². The first-order valence-electron chi connectivity index (χ1n) is 8.06. The van der Waals surface area contributed by atoms with E-state index in [-0.39, 0.29) is 5.41 Å². The average molecular weight is 324 g/mol. The summed E-state index contributed by atoms with van der Waals surface area (Å²) >= 11 is 6.20. The molecule has 0 aromatic heterocycles. The summed E-state index contributed by atoms with van der Waals surface area (Å²) in [4.78, 5) is 4.80. The maximum Gasteiger partial charge on any atom is 0.191 e. The van der Waals surface area contributed by atoms with E-state index in [0.29, 0.717) is 0 Å². The molecule has 0 unspecified atom stereocenters. The van der Waals surface area contributed by atoms with Gasteiger partial charge in [-0.2, -0.15) is 0 Å². The van der Waals surface area contributed by atoms with Gasteiger partial charge in [0.15, 0.2) is 5.96 Å². The van der Waals surface area contributed by atoms with Crippen molar-refractivity contribution in [1.29, 1.82) is 0 Å². The number of hydrogen-bond donors (Lipinski definition) is 2. The van der Waals surface area contributed by atoms with Gasteiger partial charge in [0.25, 0.3) is 0 Å². The van der Waals surface area contributed by atoms with Gasteiger partial charge in [0.05, 0.1) is 6.54 Å². The second-order valence-corrected chi connectivity index (χ2v) is 6.06. The lowest BCUT2D eigenvalue weighted by molar-refractivity contribution is 0.0531. The Kier molecular flexibility index (Phi) is 6.52. The molecular formula is C17H26ClN3O. The minimum Gasteiger partial charge on any atom is -0.381 e. The van der Waals surface area contributed by atoms with Crippen molar-refractivity contribution >= 4 is 17.6 Å². The average Bonchev–Trinajstić information content (AvgIpc) is 2.54. The van der Waals surface area contributed by atoms with Crippen molar-refractivity contribution in [3.63, 3.8) is 0 Å². The fourth-order valence-corrected chi connectivity index (χ4v) is 3.05. The smallest absolute Gasteiger partial charge is 0.191 e. The molecule has 2 rings (SSSR count). The highest BCUT2D eigenvalue weighted by atomic mass is 35.5. The molecule has 122 valence electrons. The predicted octanol–water partition coefficient (Wildman–Crippen LogP) is 2.96. The highest BCUT2D eigenvalue weighted by Crippen LogP contribution is 2.36. The lowest BCUT2D eigenvalue weighted by Gasteiger charge is -2.36. The fourth-order valence-electron chi connectivity index (χ4n) is 2.86. The number of aliphatic imine (C=N–C) groups is 1. The van der Waals surface area contributed by atoms with Gasteiger partial charge in [-0.05, 0) is 44.4 Å². The van der Waals surface area contributed by atoms with Crippen LogP contribution >= 0.6 is 11.6 Å². The maximum absolute atomic E-state index is 6.20. The quantitative estimate of drug-likeness (QED) is 0.647. The molecule has 0 saturated carbocycles.